The highest BCUT2D eigenvalue weighted by Gasteiger charge is 2.42. The number of aliphatic hydroxyl groups excluding tert-OH is 1. The van der Waals surface area contributed by atoms with Crippen LogP contribution in [0.2, 0.25) is 0 Å². The van der Waals surface area contributed by atoms with Gasteiger partial charge in [-0.2, -0.15) is 26.3 Å². The van der Waals surface area contributed by atoms with E-state index in [9.17, 15) is 40.5 Å². The summed E-state index contributed by atoms with van der Waals surface area (Å²) < 4.78 is 98.0. The first kappa shape index (κ1) is 36.4. The van der Waals surface area contributed by atoms with E-state index in [1.54, 1.807) is 13.0 Å². The molecule has 7 nitrogen and oxygen atoms in total. The molecular formula is C35H36F6N4O3S. The van der Waals surface area contributed by atoms with E-state index >= 15 is 0 Å². The lowest BCUT2D eigenvalue weighted by atomic mass is 9.93. The lowest BCUT2D eigenvalue weighted by molar-refractivity contribution is -0.155. The number of pyridine rings is 1. The zero-order chi connectivity index (χ0) is 35.3. The van der Waals surface area contributed by atoms with Crippen LogP contribution in [0.3, 0.4) is 0 Å². The predicted octanol–water partition coefficient (Wildman–Crippen LogP) is 6.63. The quantitative estimate of drug-likeness (QED) is 0.152. The number of hydrogen-bond donors (Lipinski definition) is 3. The van der Waals surface area contributed by atoms with E-state index < -0.39 is 40.7 Å². The molecule has 5 rings (SSSR count). The zero-order valence-corrected chi connectivity index (χ0v) is 27.4. The molecule has 0 spiro atoms. The van der Waals surface area contributed by atoms with Crippen molar-refractivity contribution in [1.29, 1.82) is 0 Å². The second-order valence-corrected chi connectivity index (χ2v) is 13.5. The van der Waals surface area contributed by atoms with Crippen molar-refractivity contribution < 1.29 is 40.5 Å². The summed E-state index contributed by atoms with van der Waals surface area (Å²) in [5, 5.41) is 14.7. The Hall–Kier alpha value is -3.85. The van der Waals surface area contributed by atoms with E-state index in [0.29, 0.717) is 37.4 Å². The molecule has 0 bridgehead atoms. The average Bonchev–Trinajstić information content (AvgIpc) is 3.08. The molecule has 2 atom stereocenters. The summed E-state index contributed by atoms with van der Waals surface area (Å²) in [6, 6.07) is 13.5. The Morgan fingerprint density at radius 2 is 1.71 bits per heavy atom. The number of benzene rings is 3. The average molecular weight is 707 g/mol. The van der Waals surface area contributed by atoms with Crippen LogP contribution in [0, 0.1) is 0 Å². The number of rotatable bonds is 11. The van der Waals surface area contributed by atoms with Crippen LogP contribution in [0.5, 0.6) is 0 Å². The lowest BCUT2D eigenvalue weighted by Gasteiger charge is -2.33. The van der Waals surface area contributed by atoms with E-state index in [1.807, 2.05) is 4.90 Å². The third kappa shape index (κ3) is 8.66. The van der Waals surface area contributed by atoms with Crippen LogP contribution in [0.4, 0.5) is 26.3 Å². The van der Waals surface area contributed by atoms with Gasteiger partial charge in [0.2, 0.25) is 0 Å². The van der Waals surface area contributed by atoms with Crippen molar-refractivity contribution in [2.45, 2.75) is 55.6 Å². The summed E-state index contributed by atoms with van der Waals surface area (Å²) >= 11 is 0. The number of hydrogen-bond acceptors (Lipinski definition) is 6. The molecule has 1 fully saturated rings. The van der Waals surface area contributed by atoms with Gasteiger partial charge in [0.05, 0.1) is 39.7 Å². The molecule has 2 heterocycles. The Bertz CT molecular complexity index is 1790. The van der Waals surface area contributed by atoms with Crippen LogP contribution in [-0.4, -0.2) is 69.3 Å². The van der Waals surface area contributed by atoms with Crippen LogP contribution in [0.1, 0.15) is 52.9 Å². The molecule has 3 aromatic carbocycles. The van der Waals surface area contributed by atoms with E-state index in [2.05, 4.69) is 10.6 Å². The minimum Gasteiger partial charge on any atom is -0.395 e. The third-order valence-corrected chi connectivity index (χ3v) is 9.83. The second-order valence-electron chi connectivity index (χ2n) is 11.8. The number of piperidine rings is 1. The molecule has 0 aliphatic carbocycles. The van der Waals surface area contributed by atoms with E-state index in [0.717, 1.165) is 12.1 Å². The Labute approximate surface area is 282 Å². The molecule has 1 aliphatic rings. The number of aromatic nitrogens is 1. The smallest absolute Gasteiger partial charge is 0.395 e. The maximum atomic E-state index is 14.5. The fourth-order valence-electron chi connectivity index (χ4n) is 6.08. The molecule has 1 aliphatic heterocycles. The third-order valence-electron chi connectivity index (χ3n) is 8.52. The molecule has 1 saturated heterocycles. The van der Waals surface area contributed by atoms with Crippen molar-refractivity contribution in [2.24, 2.45) is 0 Å². The fraction of sp³-hybridized carbons (Fsp3) is 0.371. The number of carbonyl (C=O) groups excluding carboxylic acids is 1. The van der Waals surface area contributed by atoms with Gasteiger partial charge in [-0.3, -0.25) is 13.9 Å². The fourth-order valence-corrected chi connectivity index (χ4v) is 6.88. The predicted molar refractivity (Wildman–Crippen MR) is 175 cm³/mol. The molecule has 1 aromatic heterocycles. The van der Waals surface area contributed by atoms with Gasteiger partial charge in [0, 0.05) is 46.3 Å². The molecule has 4 aromatic rings. The summed E-state index contributed by atoms with van der Waals surface area (Å²) in [5.74, 6) is -0.861. The zero-order valence-electron chi connectivity index (χ0n) is 26.6. The number of fused-ring (bicyclic) bond motifs is 1. The molecule has 3 N–H and O–H groups in total. The lowest BCUT2D eigenvalue weighted by Crippen LogP contribution is -2.43. The number of nitrogens with zero attached hydrogens (tertiary/aromatic N) is 2. The first-order chi connectivity index (χ1) is 23.3. The molecular weight excluding hydrogens is 670 g/mol. The number of likely N-dealkylation sites (tertiary alicyclic amines) is 1. The topological polar surface area (TPSA) is 94.6 Å². The van der Waals surface area contributed by atoms with Gasteiger partial charge in [0.25, 0.3) is 5.91 Å². The van der Waals surface area contributed by atoms with E-state index in [4.69, 9.17) is 4.98 Å². The highest BCUT2D eigenvalue weighted by atomic mass is 32.2. The van der Waals surface area contributed by atoms with Crippen LogP contribution in [0.15, 0.2) is 77.7 Å². The second kappa shape index (κ2) is 15.4. The standard InChI is InChI=1S/C35H36F6N4O3S/c1-2-49(48)26-11-12-29-27(20-26)30(33(47)44-32(35(39,40)41)22-7-4-3-5-8-22)28(21-45-16-13-25(14-17-45)42-15-18-46)31(43-29)23-9-6-10-24(19-23)34(36,37)38/h3-12,19-20,25,32,42,46H,2,13-18,21H2,1H3,(H,44,47). The molecule has 0 saturated carbocycles. The van der Waals surface area contributed by atoms with Gasteiger partial charge in [-0.1, -0.05) is 49.4 Å². The molecule has 262 valence electrons. The number of amides is 1. The molecule has 1 amide bonds. The summed E-state index contributed by atoms with van der Waals surface area (Å²) in [4.78, 5) is 21.3. The number of nitrogens with one attached hydrogen (secondary N) is 2. The van der Waals surface area contributed by atoms with Crippen LogP contribution < -0.4 is 10.6 Å². The maximum absolute atomic E-state index is 14.5. The Kier molecular flexibility index (Phi) is 11.4. The van der Waals surface area contributed by atoms with Gasteiger partial charge in [-0.25, -0.2) is 4.98 Å². The number of alkyl halides is 6. The number of halogens is 6. The minimum absolute atomic E-state index is 0.00684. The monoisotopic (exact) mass is 706 g/mol. The van der Waals surface area contributed by atoms with Crippen molar-refractivity contribution in [3.05, 3.63) is 95.1 Å². The molecule has 0 radical (unpaired) electrons. The van der Waals surface area contributed by atoms with E-state index in [-0.39, 0.29) is 63.8 Å². The molecule has 14 heteroatoms. The van der Waals surface area contributed by atoms with Crippen molar-refractivity contribution in [3.63, 3.8) is 0 Å². The Morgan fingerprint density at radius 3 is 2.35 bits per heavy atom. The SMILES string of the molecule is CCS(=O)c1ccc2nc(-c3cccc(C(F)(F)F)c3)c(CN3CCC(NCCO)CC3)c(C(=O)NC(c3ccccc3)C(F)(F)F)c2c1. The highest BCUT2D eigenvalue weighted by molar-refractivity contribution is 7.85. The summed E-state index contributed by atoms with van der Waals surface area (Å²) in [5.41, 5.74) is -0.971. The first-order valence-electron chi connectivity index (χ1n) is 15.8. The maximum Gasteiger partial charge on any atom is 0.416 e. The van der Waals surface area contributed by atoms with Crippen molar-refractivity contribution in [1.82, 2.24) is 20.5 Å². The van der Waals surface area contributed by atoms with Crippen molar-refractivity contribution in [2.75, 3.05) is 32.0 Å². The van der Waals surface area contributed by atoms with Crippen LogP contribution >= 0.6 is 0 Å². The van der Waals surface area contributed by atoms with Crippen molar-refractivity contribution >= 4 is 27.6 Å². The Morgan fingerprint density at radius 1 is 1.00 bits per heavy atom. The van der Waals surface area contributed by atoms with Gasteiger partial charge < -0.3 is 15.7 Å². The van der Waals surface area contributed by atoms with Gasteiger partial charge in [0.1, 0.15) is 0 Å². The number of aliphatic hydroxyl groups is 1. The summed E-state index contributed by atoms with van der Waals surface area (Å²) in [6.45, 7) is 3.06. The molecule has 49 heavy (non-hydrogen) atoms. The van der Waals surface area contributed by atoms with Gasteiger partial charge in [-0.05, 0) is 61.8 Å². The van der Waals surface area contributed by atoms with E-state index in [1.165, 1.54) is 54.6 Å². The minimum atomic E-state index is -4.89. The van der Waals surface area contributed by atoms with Gasteiger partial charge in [0.15, 0.2) is 6.04 Å². The van der Waals surface area contributed by atoms with Crippen LogP contribution in [0.25, 0.3) is 22.2 Å². The highest BCUT2D eigenvalue weighted by Crippen LogP contribution is 2.38. The molecule has 2 unspecified atom stereocenters. The summed E-state index contributed by atoms with van der Waals surface area (Å²) in [6.07, 6.45) is -8.26. The summed E-state index contributed by atoms with van der Waals surface area (Å²) in [7, 11) is -1.50. The van der Waals surface area contributed by atoms with Crippen LogP contribution in [-0.2, 0) is 23.5 Å². The number of carbonyl (C=O) groups is 1. The largest absolute Gasteiger partial charge is 0.416 e. The van der Waals surface area contributed by atoms with Crippen molar-refractivity contribution in [3.8, 4) is 11.3 Å². The normalized spacial score (nSPS) is 16.1. The Balaban J connectivity index is 1.72. The first-order valence-corrected chi connectivity index (χ1v) is 17.1. The van der Waals surface area contributed by atoms with Gasteiger partial charge in [-0.15, -0.1) is 0 Å². The van der Waals surface area contributed by atoms with Gasteiger partial charge >= 0.3 is 12.4 Å².